The van der Waals surface area contributed by atoms with Gasteiger partial charge in [-0.15, -0.1) is 11.8 Å². The molecule has 0 spiro atoms. The Morgan fingerprint density at radius 1 is 1.23 bits per heavy atom. The molecule has 9 nitrogen and oxygen atoms in total. The van der Waals surface area contributed by atoms with Crippen LogP contribution in [0, 0.1) is 11.3 Å². The molecule has 208 valence electrons. The van der Waals surface area contributed by atoms with E-state index in [4.69, 9.17) is 26.7 Å². The van der Waals surface area contributed by atoms with Crippen molar-refractivity contribution in [2.75, 3.05) is 24.7 Å². The number of thioether (sulfide) groups is 1. The van der Waals surface area contributed by atoms with Crippen molar-refractivity contribution in [3.63, 3.8) is 0 Å². The van der Waals surface area contributed by atoms with E-state index in [-0.39, 0.29) is 6.23 Å². The average Bonchev–Trinajstić information content (AvgIpc) is 3.31. The van der Waals surface area contributed by atoms with Crippen molar-refractivity contribution in [3.8, 4) is 0 Å². The lowest BCUT2D eigenvalue weighted by molar-refractivity contribution is 0.0343. The monoisotopic (exact) mass is 548 g/mol. The molecule has 1 saturated heterocycles. The van der Waals surface area contributed by atoms with E-state index in [0.717, 1.165) is 77.9 Å². The average molecular weight is 549 g/mol. The Labute approximate surface area is 234 Å². The van der Waals surface area contributed by atoms with Crippen LogP contribution >= 0.6 is 11.8 Å². The van der Waals surface area contributed by atoms with Crippen LogP contribution in [0.4, 0.5) is 5.69 Å². The minimum Gasteiger partial charge on any atom is -0.397 e. The second-order valence-electron chi connectivity index (χ2n) is 10.5. The van der Waals surface area contributed by atoms with E-state index in [1.165, 1.54) is 31.0 Å². The van der Waals surface area contributed by atoms with E-state index in [1.807, 2.05) is 30.7 Å². The lowest BCUT2D eigenvalue weighted by atomic mass is 9.85. The summed E-state index contributed by atoms with van der Waals surface area (Å²) < 4.78 is 7.93. The minimum atomic E-state index is -0.0623. The number of nitrogens with zero attached hydrogens (tertiary/aromatic N) is 3. The molecule has 2 aromatic heterocycles. The predicted molar refractivity (Wildman–Crippen MR) is 159 cm³/mol. The maximum atomic E-state index is 8.12. The number of pyridine rings is 1. The third-order valence-electron chi connectivity index (χ3n) is 7.54. The molecule has 1 saturated carbocycles. The third-order valence-corrected chi connectivity index (χ3v) is 8.25. The summed E-state index contributed by atoms with van der Waals surface area (Å²) in [6, 6.07) is 8.22. The highest BCUT2D eigenvalue weighted by atomic mass is 32.2. The molecule has 1 aliphatic carbocycles. The van der Waals surface area contributed by atoms with Crippen molar-refractivity contribution < 1.29 is 4.74 Å². The zero-order valence-corrected chi connectivity index (χ0v) is 23.5. The van der Waals surface area contributed by atoms with Crippen molar-refractivity contribution >= 4 is 35.0 Å². The summed E-state index contributed by atoms with van der Waals surface area (Å²) >= 11 is 1.63. The first-order valence-corrected chi connectivity index (χ1v) is 15.0. The fourth-order valence-electron chi connectivity index (χ4n) is 5.16. The van der Waals surface area contributed by atoms with Crippen LogP contribution in [-0.4, -0.2) is 46.2 Å². The molecular weight excluding hydrogens is 508 g/mol. The highest BCUT2D eigenvalue weighted by Gasteiger charge is 2.19. The molecule has 1 unspecified atom stereocenters. The molecule has 3 heterocycles. The van der Waals surface area contributed by atoms with E-state index >= 15 is 0 Å². The number of ether oxygens (including phenoxy) is 1. The molecular formula is C29H40N8OS. The predicted octanol–water partition coefficient (Wildman–Crippen LogP) is 4.52. The molecule has 3 aromatic rings. The largest absolute Gasteiger partial charge is 0.397 e. The molecule has 39 heavy (non-hydrogen) atoms. The SMILES string of the molecule is CSc1cc(NC2CCCCO2)c(C=N)c(/C(N)=C/N(N)Cc2cn3cc(CNCC4CCC4)ccc3n2)c1. The summed E-state index contributed by atoms with van der Waals surface area (Å²) in [4.78, 5) is 5.78. The van der Waals surface area contributed by atoms with Crippen LogP contribution in [0.3, 0.4) is 0 Å². The van der Waals surface area contributed by atoms with Gasteiger partial charge in [-0.25, -0.2) is 10.8 Å². The van der Waals surface area contributed by atoms with Crippen LogP contribution in [0.5, 0.6) is 0 Å². The van der Waals surface area contributed by atoms with Gasteiger partial charge in [0.25, 0.3) is 0 Å². The van der Waals surface area contributed by atoms with Gasteiger partial charge in [-0.2, -0.15) is 0 Å². The van der Waals surface area contributed by atoms with Gasteiger partial charge in [0.1, 0.15) is 11.9 Å². The van der Waals surface area contributed by atoms with E-state index in [0.29, 0.717) is 12.2 Å². The number of anilines is 1. The summed E-state index contributed by atoms with van der Waals surface area (Å²) in [7, 11) is 0. The number of hydrogen-bond acceptors (Lipinski definition) is 9. The Morgan fingerprint density at radius 3 is 2.82 bits per heavy atom. The molecule has 5 rings (SSSR count). The standard InChI is InChI=1S/C29H40N8OS/c1-39-23-11-24(25(13-30)27(12-23)35-29-7-2-3-10-38-29)26(31)19-37(32)18-22-17-36-16-21(8-9-28(36)34-22)15-33-14-20-5-4-6-20/h8-9,11-13,16-17,19-20,29-30,33,35H,2-7,10,14-15,18,31-32H2,1H3/b26-19-,30-13?. The van der Waals surface area contributed by atoms with Crippen LogP contribution < -0.4 is 22.2 Å². The van der Waals surface area contributed by atoms with Gasteiger partial charge >= 0.3 is 0 Å². The van der Waals surface area contributed by atoms with Gasteiger partial charge < -0.3 is 35.9 Å². The number of rotatable bonds is 12. The molecule has 7 N–H and O–H groups in total. The summed E-state index contributed by atoms with van der Waals surface area (Å²) in [6.07, 6.45) is 16.4. The topological polar surface area (TPSA) is 130 Å². The normalized spacial score (nSPS) is 18.2. The van der Waals surface area contributed by atoms with Crippen molar-refractivity contribution in [3.05, 3.63) is 65.2 Å². The molecule has 1 aliphatic heterocycles. The number of nitrogens with two attached hydrogens (primary N) is 2. The Kier molecular flexibility index (Phi) is 9.08. The summed E-state index contributed by atoms with van der Waals surface area (Å²) in [5, 5.41) is 16.7. The van der Waals surface area contributed by atoms with Gasteiger partial charge in [-0.1, -0.05) is 12.5 Å². The number of aromatic nitrogens is 2. The second kappa shape index (κ2) is 12.9. The Hall–Kier alpha value is -3.05. The first-order valence-electron chi connectivity index (χ1n) is 13.8. The molecule has 2 aliphatic rings. The minimum absolute atomic E-state index is 0.0623. The van der Waals surface area contributed by atoms with Crippen LogP contribution in [-0.2, 0) is 17.8 Å². The molecule has 2 fully saturated rings. The fraction of sp³-hybridized carbons (Fsp3) is 0.448. The zero-order chi connectivity index (χ0) is 27.2. The Bertz CT molecular complexity index is 1310. The van der Waals surface area contributed by atoms with E-state index in [1.54, 1.807) is 23.0 Å². The summed E-state index contributed by atoms with van der Waals surface area (Å²) in [5.74, 6) is 7.22. The van der Waals surface area contributed by atoms with Gasteiger partial charge in [0.15, 0.2) is 0 Å². The van der Waals surface area contributed by atoms with Crippen molar-refractivity contribution in [1.82, 2.24) is 19.7 Å². The smallest absolute Gasteiger partial charge is 0.137 e. The number of hydrogen-bond donors (Lipinski definition) is 5. The number of benzene rings is 1. The van der Waals surface area contributed by atoms with Gasteiger partial charge in [-0.3, -0.25) is 0 Å². The van der Waals surface area contributed by atoms with E-state index in [9.17, 15) is 0 Å². The summed E-state index contributed by atoms with van der Waals surface area (Å²) in [6.45, 7) is 3.10. The van der Waals surface area contributed by atoms with Crippen molar-refractivity contribution in [2.24, 2.45) is 17.5 Å². The van der Waals surface area contributed by atoms with Crippen LogP contribution in [0.2, 0.25) is 0 Å². The van der Waals surface area contributed by atoms with Gasteiger partial charge in [-0.05, 0) is 74.6 Å². The highest BCUT2D eigenvalue weighted by molar-refractivity contribution is 7.98. The van der Waals surface area contributed by atoms with Crippen LogP contribution in [0.25, 0.3) is 11.3 Å². The van der Waals surface area contributed by atoms with E-state index < -0.39 is 0 Å². The molecule has 10 heteroatoms. The lowest BCUT2D eigenvalue weighted by Gasteiger charge is -2.26. The number of imidazole rings is 1. The highest BCUT2D eigenvalue weighted by Crippen LogP contribution is 2.31. The van der Waals surface area contributed by atoms with E-state index in [2.05, 4.69) is 27.3 Å². The fourth-order valence-corrected chi connectivity index (χ4v) is 5.63. The number of nitrogens with one attached hydrogen (secondary N) is 3. The first-order chi connectivity index (χ1) is 19.0. The number of hydrazine groups is 1. The lowest BCUT2D eigenvalue weighted by Crippen LogP contribution is -2.28. The van der Waals surface area contributed by atoms with Crippen LogP contribution in [0.15, 0.2) is 47.8 Å². The van der Waals surface area contributed by atoms with Gasteiger partial charge in [0, 0.05) is 59.7 Å². The van der Waals surface area contributed by atoms with Crippen LogP contribution in [0.1, 0.15) is 60.9 Å². The van der Waals surface area contributed by atoms with Crippen molar-refractivity contribution in [2.45, 2.75) is 62.7 Å². The quantitative estimate of drug-likeness (QED) is 0.0967. The first kappa shape index (κ1) is 27.5. The second-order valence-corrected chi connectivity index (χ2v) is 11.4. The zero-order valence-electron chi connectivity index (χ0n) is 22.7. The van der Waals surface area contributed by atoms with Gasteiger partial charge in [0.2, 0.25) is 0 Å². The number of fused-ring (bicyclic) bond motifs is 1. The Morgan fingerprint density at radius 2 is 2.10 bits per heavy atom. The van der Waals surface area contributed by atoms with Crippen molar-refractivity contribution in [1.29, 1.82) is 5.41 Å². The molecule has 1 atom stereocenters. The molecule has 1 aromatic carbocycles. The molecule has 0 radical (unpaired) electrons. The third kappa shape index (κ3) is 6.94. The molecule has 0 bridgehead atoms. The maximum absolute atomic E-state index is 8.12. The molecule has 0 amide bonds. The van der Waals surface area contributed by atoms with Gasteiger partial charge in [0.05, 0.1) is 17.9 Å². The Balaban J connectivity index is 1.28. The maximum Gasteiger partial charge on any atom is 0.137 e. The summed E-state index contributed by atoms with van der Waals surface area (Å²) in [5.41, 5.74) is 12.3.